The Kier molecular flexibility index (Phi) is 7.72. The smallest absolute Gasteiger partial charge is 0.118 e. The van der Waals surface area contributed by atoms with E-state index in [9.17, 15) is 4.39 Å². The second kappa shape index (κ2) is 7.90. The van der Waals surface area contributed by atoms with Gasteiger partial charge in [0.1, 0.15) is 6.17 Å². The molecule has 0 rings (SSSR count). The van der Waals surface area contributed by atoms with Gasteiger partial charge in [-0.2, -0.15) is 0 Å². The largest absolute Gasteiger partial charge is 0.243 e. The standard InChI is InChI=1S/C14H27F/c1-11(2)6-8-13(5)10-14(15)9-7-12(3)4/h7,9,11-14H,6,8,10H2,1-5H3. The molecular weight excluding hydrogens is 187 g/mol. The van der Waals surface area contributed by atoms with Crippen LogP contribution in [0.2, 0.25) is 0 Å². The minimum Gasteiger partial charge on any atom is -0.243 e. The van der Waals surface area contributed by atoms with Crippen LogP contribution in [0, 0.1) is 17.8 Å². The fourth-order valence-corrected chi connectivity index (χ4v) is 1.54. The van der Waals surface area contributed by atoms with Gasteiger partial charge in [0.25, 0.3) is 0 Å². The number of alkyl halides is 1. The molecule has 0 saturated heterocycles. The number of allylic oxidation sites excluding steroid dienone is 2. The highest BCUT2D eigenvalue weighted by molar-refractivity contribution is 4.91. The summed E-state index contributed by atoms with van der Waals surface area (Å²) in [5.41, 5.74) is 0. The minimum atomic E-state index is -0.755. The van der Waals surface area contributed by atoms with Gasteiger partial charge in [0.2, 0.25) is 0 Å². The molecule has 0 N–H and O–H groups in total. The number of halogens is 1. The molecule has 0 aliphatic heterocycles. The maximum absolute atomic E-state index is 13.5. The Balaban J connectivity index is 3.71. The van der Waals surface area contributed by atoms with Gasteiger partial charge < -0.3 is 0 Å². The molecule has 2 atom stereocenters. The summed E-state index contributed by atoms with van der Waals surface area (Å²) in [6, 6.07) is 0. The van der Waals surface area contributed by atoms with E-state index in [4.69, 9.17) is 0 Å². The molecule has 0 heterocycles. The maximum atomic E-state index is 13.5. The van der Waals surface area contributed by atoms with Crippen molar-refractivity contribution in [3.8, 4) is 0 Å². The zero-order chi connectivity index (χ0) is 11.8. The van der Waals surface area contributed by atoms with Gasteiger partial charge in [-0.25, -0.2) is 4.39 Å². The Hall–Kier alpha value is -0.330. The molecule has 0 aromatic heterocycles. The van der Waals surface area contributed by atoms with Crippen LogP contribution in [-0.2, 0) is 0 Å². The highest BCUT2D eigenvalue weighted by Crippen LogP contribution is 2.18. The Bertz CT molecular complexity index is 170. The first kappa shape index (κ1) is 14.7. The van der Waals surface area contributed by atoms with Crippen molar-refractivity contribution in [2.24, 2.45) is 17.8 Å². The molecule has 0 aromatic carbocycles. The third-order valence-electron chi connectivity index (χ3n) is 2.57. The topological polar surface area (TPSA) is 0 Å². The van der Waals surface area contributed by atoms with Crippen LogP contribution < -0.4 is 0 Å². The van der Waals surface area contributed by atoms with Gasteiger partial charge in [-0.1, -0.05) is 59.6 Å². The molecule has 0 radical (unpaired) electrons. The van der Waals surface area contributed by atoms with E-state index in [2.05, 4.69) is 34.6 Å². The van der Waals surface area contributed by atoms with Crippen molar-refractivity contribution in [1.29, 1.82) is 0 Å². The average Bonchev–Trinajstić information content (AvgIpc) is 2.11. The molecule has 0 nitrogen and oxygen atoms in total. The molecule has 0 amide bonds. The lowest BCUT2D eigenvalue weighted by Gasteiger charge is -2.14. The van der Waals surface area contributed by atoms with Gasteiger partial charge >= 0.3 is 0 Å². The van der Waals surface area contributed by atoms with E-state index in [-0.39, 0.29) is 0 Å². The second-order valence-electron chi connectivity index (χ2n) is 5.46. The van der Waals surface area contributed by atoms with Crippen LogP contribution in [0.3, 0.4) is 0 Å². The molecule has 1 heteroatoms. The lowest BCUT2D eigenvalue weighted by atomic mass is 9.94. The molecule has 0 fully saturated rings. The van der Waals surface area contributed by atoms with Crippen LogP contribution >= 0.6 is 0 Å². The SMILES string of the molecule is CC(C)C=CC(F)CC(C)CCC(C)C. The third-order valence-corrected chi connectivity index (χ3v) is 2.57. The average molecular weight is 214 g/mol. The zero-order valence-corrected chi connectivity index (χ0v) is 11.0. The highest BCUT2D eigenvalue weighted by atomic mass is 19.1. The van der Waals surface area contributed by atoms with E-state index in [1.165, 1.54) is 6.42 Å². The van der Waals surface area contributed by atoms with Crippen molar-refractivity contribution in [2.45, 2.75) is 60.1 Å². The van der Waals surface area contributed by atoms with Gasteiger partial charge in [0, 0.05) is 0 Å². The van der Waals surface area contributed by atoms with Gasteiger partial charge in [-0.05, 0) is 24.2 Å². The van der Waals surface area contributed by atoms with Crippen LogP contribution in [0.5, 0.6) is 0 Å². The zero-order valence-electron chi connectivity index (χ0n) is 11.0. The summed E-state index contributed by atoms with van der Waals surface area (Å²) < 4.78 is 13.5. The molecule has 2 unspecified atom stereocenters. The van der Waals surface area contributed by atoms with E-state index in [0.717, 1.165) is 12.3 Å². The predicted molar refractivity (Wildman–Crippen MR) is 66.7 cm³/mol. The van der Waals surface area contributed by atoms with E-state index in [1.807, 2.05) is 6.08 Å². The van der Waals surface area contributed by atoms with Crippen molar-refractivity contribution in [1.82, 2.24) is 0 Å². The Morgan fingerprint density at radius 2 is 1.53 bits per heavy atom. The van der Waals surface area contributed by atoms with Crippen LogP contribution in [0.1, 0.15) is 53.9 Å². The molecule has 90 valence electrons. The molecule has 0 spiro atoms. The van der Waals surface area contributed by atoms with Crippen LogP contribution in [-0.4, -0.2) is 6.17 Å². The van der Waals surface area contributed by atoms with Gasteiger partial charge in [0.15, 0.2) is 0 Å². The fourth-order valence-electron chi connectivity index (χ4n) is 1.54. The first-order valence-electron chi connectivity index (χ1n) is 6.24. The molecule has 0 saturated carbocycles. The first-order valence-corrected chi connectivity index (χ1v) is 6.24. The summed E-state index contributed by atoms with van der Waals surface area (Å²) in [7, 11) is 0. The summed E-state index contributed by atoms with van der Waals surface area (Å²) in [6.45, 7) is 10.7. The van der Waals surface area contributed by atoms with Crippen molar-refractivity contribution in [3.63, 3.8) is 0 Å². The van der Waals surface area contributed by atoms with Crippen molar-refractivity contribution in [2.75, 3.05) is 0 Å². The molecule has 0 aliphatic rings. The van der Waals surface area contributed by atoms with Gasteiger partial charge in [-0.3, -0.25) is 0 Å². The molecule has 0 aromatic rings. The van der Waals surface area contributed by atoms with E-state index in [0.29, 0.717) is 18.3 Å². The number of hydrogen-bond donors (Lipinski definition) is 0. The summed E-state index contributed by atoms with van der Waals surface area (Å²) in [4.78, 5) is 0. The normalized spacial score (nSPS) is 16.5. The van der Waals surface area contributed by atoms with Crippen LogP contribution in [0.15, 0.2) is 12.2 Å². The molecule has 0 bridgehead atoms. The molecular formula is C14H27F. The van der Waals surface area contributed by atoms with Crippen molar-refractivity contribution in [3.05, 3.63) is 12.2 Å². The Morgan fingerprint density at radius 3 is 2.00 bits per heavy atom. The maximum Gasteiger partial charge on any atom is 0.118 e. The van der Waals surface area contributed by atoms with Crippen LogP contribution in [0.4, 0.5) is 4.39 Å². The summed E-state index contributed by atoms with van der Waals surface area (Å²) in [5.74, 6) is 1.69. The first-order chi connectivity index (χ1) is 6.91. The lowest BCUT2D eigenvalue weighted by Crippen LogP contribution is -2.06. The summed E-state index contributed by atoms with van der Waals surface area (Å²) in [6.07, 6.45) is 5.95. The second-order valence-corrected chi connectivity index (χ2v) is 5.46. The van der Waals surface area contributed by atoms with E-state index >= 15 is 0 Å². The van der Waals surface area contributed by atoms with E-state index < -0.39 is 6.17 Å². The lowest BCUT2D eigenvalue weighted by molar-refractivity contribution is 0.308. The third kappa shape index (κ3) is 9.96. The number of hydrogen-bond acceptors (Lipinski definition) is 0. The van der Waals surface area contributed by atoms with Gasteiger partial charge in [0.05, 0.1) is 0 Å². The summed E-state index contributed by atoms with van der Waals surface area (Å²) >= 11 is 0. The molecule has 0 aliphatic carbocycles. The molecule has 15 heavy (non-hydrogen) atoms. The van der Waals surface area contributed by atoms with Crippen LogP contribution in [0.25, 0.3) is 0 Å². The van der Waals surface area contributed by atoms with Gasteiger partial charge in [-0.15, -0.1) is 0 Å². The Labute approximate surface area is 95.0 Å². The van der Waals surface area contributed by atoms with Crippen molar-refractivity contribution >= 4 is 0 Å². The van der Waals surface area contributed by atoms with E-state index in [1.54, 1.807) is 6.08 Å². The number of rotatable bonds is 7. The fraction of sp³-hybridized carbons (Fsp3) is 0.857. The predicted octanol–water partition coefficient (Wildman–Crippen LogP) is 5.00. The minimum absolute atomic E-state index is 0.453. The highest BCUT2D eigenvalue weighted by Gasteiger charge is 2.09. The Morgan fingerprint density at radius 1 is 0.933 bits per heavy atom. The monoisotopic (exact) mass is 214 g/mol. The van der Waals surface area contributed by atoms with Crippen molar-refractivity contribution < 1.29 is 4.39 Å². The quantitative estimate of drug-likeness (QED) is 0.523. The summed E-state index contributed by atoms with van der Waals surface area (Å²) in [5, 5.41) is 0.